The molecule has 228 valence electrons. The monoisotopic (exact) mass is 603 g/mol. The molecule has 1 N–H and O–H groups in total. The highest BCUT2D eigenvalue weighted by atomic mass is 19.1. The Morgan fingerprint density at radius 1 is 1.18 bits per heavy atom. The van der Waals surface area contributed by atoms with Gasteiger partial charge in [0, 0.05) is 49.8 Å². The van der Waals surface area contributed by atoms with E-state index in [0.717, 1.165) is 25.8 Å². The second-order valence-corrected chi connectivity index (χ2v) is 12.0. The maximum atomic E-state index is 16.7. The van der Waals surface area contributed by atoms with E-state index >= 15 is 4.39 Å². The van der Waals surface area contributed by atoms with Crippen LogP contribution in [0.2, 0.25) is 0 Å². The van der Waals surface area contributed by atoms with Gasteiger partial charge in [0.15, 0.2) is 5.82 Å². The number of benzene rings is 2. The highest BCUT2D eigenvalue weighted by Crippen LogP contribution is 2.41. The predicted octanol–water partition coefficient (Wildman–Crippen LogP) is 5.38. The molecule has 8 nitrogen and oxygen atoms in total. The van der Waals surface area contributed by atoms with E-state index in [4.69, 9.17) is 20.9 Å². The largest absolute Gasteiger partial charge is 0.508 e. The maximum absolute atomic E-state index is 16.7. The fourth-order valence-electron chi connectivity index (χ4n) is 7.10. The average Bonchev–Trinajstić information content (AvgIpc) is 3.43. The van der Waals surface area contributed by atoms with Gasteiger partial charge in [-0.05, 0) is 56.3 Å². The lowest BCUT2D eigenvalue weighted by Crippen LogP contribution is -2.43. The third kappa shape index (κ3) is 4.86. The number of fused-ring (bicyclic) bond motifs is 3. The summed E-state index contributed by atoms with van der Waals surface area (Å²) in [6.45, 7) is 5.04. The van der Waals surface area contributed by atoms with Gasteiger partial charge in [-0.2, -0.15) is 9.97 Å². The number of phenols is 1. The van der Waals surface area contributed by atoms with Crippen molar-refractivity contribution in [2.75, 3.05) is 44.3 Å². The molecule has 3 fully saturated rings. The molecule has 0 saturated carbocycles. The summed E-state index contributed by atoms with van der Waals surface area (Å²) in [6, 6.07) is 5.40. The van der Waals surface area contributed by atoms with Crippen LogP contribution in [0, 0.1) is 24.0 Å². The quantitative estimate of drug-likeness (QED) is 0.305. The highest BCUT2D eigenvalue weighted by molar-refractivity contribution is 6.03. The van der Waals surface area contributed by atoms with E-state index in [-0.39, 0.29) is 52.2 Å². The van der Waals surface area contributed by atoms with Crippen LogP contribution >= 0.6 is 0 Å². The first-order chi connectivity index (χ1) is 21.3. The third-order valence-electron chi connectivity index (χ3n) is 9.08. The molecular formula is C33H32F3N5O3. The second-order valence-electron chi connectivity index (χ2n) is 12.0. The van der Waals surface area contributed by atoms with Crippen molar-refractivity contribution < 1.29 is 27.8 Å². The molecule has 0 unspecified atom stereocenters. The van der Waals surface area contributed by atoms with Crippen molar-refractivity contribution in [3.05, 3.63) is 47.7 Å². The Morgan fingerprint density at radius 2 is 2.05 bits per heavy atom. The number of aromatic nitrogens is 3. The Hall–Kier alpha value is -4.14. The van der Waals surface area contributed by atoms with E-state index in [2.05, 4.69) is 20.8 Å². The van der Waals surface area contributed by atoms with E-state index in [1.807, 2.05) is 11.8 Å². The maximum Gasteiger partial charge on any atom is 0.319 e. The number of phenolic OH excluding ortho intramolecular Hbond substituents is 1. The molecule has 3 aliphatic heterocycles. The van der Waals surface area contributed by atoms with Gasteiger partial charge in [0.25, 0.3) is 0 Å². The number of rotatable bonds is 5. The zero-order valence-corrected chi connectivity index (χ0v) is 24.3. The molecule has 3 saturated heterocycles. The minimum Gasteiger partial charge on any atom is -0.508 e. The molecule has 44 heavy (non-hydrogen) atoms. The van der Waals surface area contributed by atoms with Crippen molar-refractivity contribution in [1.82, 2.24) is 19.9 Å². The molecule has 0 bridgehead atoms. The molecule has 2 aromatic heterocycles. The van der Waals surface area contributed by atoms with Gasteiger partial charge >= 0.3 is 6.01 Å². The van der Waals surface area contributed by atoms with Crippen molar-refractivity contribution in [2.24, 2.45) is 0 Å². The van der Waals surface area contributed by atoms with E-state index in [1.54, 1.807) is 0 Å². The normalized spacial score (nSPS) is 24.0. The van der Waals surface area contributed by atoms with Crippen LogP contribution in [-0.4, -0.2) is 82.2 Å². The number of hydrogen-bond donors (Lipinski definition) is 1. The zero-order valence-electron chi connectivity index (χ0n) is 24.3. The number of halogens is 3. The molecule has 3 atom stereocenters. The van der Waals surface area contributed by atoms with Crippen molar-refractivity contribution >= 4 is 27.5 Å². The Bertz CT molecular complexity index is 1810. The van der Waals surface area contributed by atoms with Crippen LogP contribution in [0.25, 0.3) is 32.9 Å². The first-order valence-electron chi connectivity index (χ1n) is 14.9. The minimum atomic E-state index is -0.925. The molecule has 0 aliphatic carbocycles. The summed E-state index contributed by atoms with van der Waals surface area (Å²) in [4.78, 5) is 17.9. The van der Waals surface area contributed by atoms with Gasteiger partial charge in [-0.1, -0.05) is 12.0 Å². The van der Waals surface area contributed by atoms with Crippen molar-refractivity contribution in [3.63, 3.8) is 0 Å². The number of hydrogen-bond acceptors (Lipinski definition) is 8. The standard InChI is InChI=1S/C33H32F3N5O3/c1-3-23-26(35)7-6-20-12-22(42)13-24(27(20)23)29-28(36)30-25(15-37-29)31(40-9-5-11-43-19(2)16-40)39-32(38-30)44-18-33-8-4-10-41(33)17-21(34)14-33/h1,6-7,12-13,15,19,21,42H,4-5,8-11,14,16-18H2,2H3/t19-,21+,33-/m0/s1. The highest BCUT2D eigenvalue weighted by Gasteiger charge is 2.49. The van der Waals surface area contributed by atoms with E-state index < -0.39 is 23.3 Å². The molecule has 11 heteroatoms. The first-order valence-corrected chi connectivity index (χ1v) is 14.9. The van der Waals surface area contributed by atoms with Gasteiger partial charge in [0.1, 0.15) is 41.4 Å². The second kappa shape index (κ2) is 11.1. The summed E-state index contributed by atoms with van der Waals surface area (Å²) in [7, 11) is 0. The van der Waals surface area contributed by atoms with Crippen LogP contribution in [0.1, 0.15) is 38.2 Å². The summed E-state index contributed by atoms with van der Waals surface area (Å²) < 4.78 is 57.9. The predicted molar refractivity (Wildman–Crippen MR) is 161 cm³/mol. The van der Waals surface area contributed by atoms with Gasteiger partial charge in [0.2, 0.25) is 0 Å². The molecule has 0 spiro atoms. The van der Waals surface area contributed by atoms with E-state index in [0.29, 0.717) is 49.3 Å². The minimum absolute atomic E-state index is 0.0268. The van der Waals surface area contributed by atoms with Crippen molar-refractivity contribution in [2.45, 2.75) is 50.4 Å². The van der Waals surface area contributed by atoms with Crippen molar-refractivity contribution in [3.8, 4) is 35.4 Å². The van der Waals surface area contributed by atoms with Gasteiger partial charge in [0.05, 0.1) is 22.6 Å². The fraction of sp³-hybridized carbons (Fsp3) is 0.424. The fourth-order valence-corrected chi connectivity index (χ4v) is 7.10. The van der Waals surface area contributed by atoms with Crippen LogP contribution in [0.15, 0.2) is 30.5 Å². The lowest BCUT2D eigenvalue weighted by atomic mass is 9.95. The summed E-state index contributed by atoms with van der Waals surface area (Å²) in [5.41, 5.74) is -0.570. The van der Waals surface area contributed by atoms with Gasteiger partial charge in [-0.3, -0.25) is 9.88 Å². The molecule has 4 aromatic rings. The number of aromatic hydroxyl groups is 1. The summed E-state index contributed by atoms with van der Waals surface area (Å²) in [5, 5.41) is 11.5. The van der Waals surface area contributed by atoms with E-state index in [9.17, 15) is 13.9 Å². The summed E-state index contributed by atoms with van der Waals surface area (Å²) in [5.74, 6) is 1.22. The van der Waals surface area contributed by atoms with Crippen LogP contribution in [-0.2, 0) is 4.74 Å². The molecule has 5 heterocycles. The van der Waals surface area contributed by atoms with Crippen LogP contribution in [0.4, 0.5) is 19.0 Å². The summed E-state index contributed by atoms with van der Waals surface area (Å²) in [6.07, 6.45) is 8.99. The molecular weight excluding hydrogens is 571 g/mol. The Balaban J connectivity index is 1.38. The number of pyridine rings is 1. The Labute approximate surface area is 252 Å². The number of anilines is 1. The Kier molecular flexibility index (Phi) is 7.22. The van der Waals surface area contributed by atoms with Gasteiger partial charge in [-0.15, -0.1) is 6.42 Å². The SMILES string of the molecule is C#Cc1c(F)ccc2cc(O)cc(-c3ncc4c(N5CCCO[C@@H](C)C5)nc(OC[C@@]56CCCN5C[C@H](F)C6)nc4c3F)c12. The molecule has 0 amide bonds. The topological polar surface area (TPSA) is 83.8 Å². The van der Waals surface area contributed by atoms with Gasteiger partial charge in [-0.25, -0.2) is 13.2 Å². The summed E-state index contributed by atoms with van der Waals surface area (Å²) >= 11 is 0. The smallest absolute Gasteiger partial charge is 0.319 e. The molecule has 2 aromatic carbocycles. The molecule has 0 radical (unpaired) electrons. The number of ether oxygens (including phenoxy) is 2. The number of alkyl halides is 1. The van der Waals surface area contributed by atoms with Crippen LogP contribution in [0.3, 0.4) is 0 Å². The first kappa shape index (κ1) is 28.6. The lowest BCUT2D eigenvalue weighted by Gasteiger charge is -2.31. The third-order valence-corrected chi connectivity index (χ3v) is 9.08. The Morgan fingerprint density at radius 3 is 2.89 bits per heavy atom. The van der Waals surface area contributed by atoms with Crippen LogP contribution in [0.5, 0.6) is 11.8 Å². The van der Waals surface area contributed by atoms with E-state index in [1.165, 1.54) is 30.5 Å². The average molecular weight is 604 g/mol. The molecule has 7 rings (SSSR count). The lowest BCUT2D eigenvalue weighted by molar-refractivity contribution is 0.0820. The van der Waals surface area contributed by atoms with Gasteiger partial charge < -0.3 is 19.5 Å². The van der Waals surface area contributed by atoms with Crippen LogP contribution < -0.4 is 9.64 Å². The number of terminal acetylenes is 1. The molecule has 3 aliphatic rings. The number of nitrogens with zero attached hydrogens (tertiary/aromatic N) is 5. The zero-order chi connectivity index (χ0) is 30.6. The van der Waals surface area contributed by atoms with Crippen molar-refractivity contribution in [1.29, 1.82) is 0 Å².